The van der Waals surface area contributed by atoms with Crippen LogP contribution in [0.4, 0.5) is 0 Å². The molecule has 0 saturated carbocycles. The second kappa shape index (κ2) is 6.88. The standard InChI is InChI=1S/C15H25NO2/c1-10(16)8-14-9-13(11(2)17-4)6-7-15(14)12(3)18-5/h6-7,9-12H,8,16H2,1-5H3. The minimum atomic E-state index is 0.0886. The molecule has 18 heavy (non-hydrogen) atoms. The van der Waals surface area contributed by atoms with Crippen LogP contribution >= 0.6 is 0 Å². The highest BCUT2D eigenvalue weighted by Crippen LogP contribution is 2.26. The Morgan fingerprint density at radius 3 is 2.17 bits per heavy atom. The van der Waals surface area contributed by atoms with Gasteiger partial charge in [0.25, 0.3) is 0 Å². The molecule has 2 N–H and O–H groups in total. The van der Waals surface area contributed by atoms with Crippen molar-refractivity contribution in [2.75, 3.05) is 14.2 Å². The van der Waals surface area contributed by atoms with E-state index < -0.39 is 0 Å². The largest absolute Gasteiger partial charge is 0.377 e. The summed E-state index contributed by atoms with van der Waals surface area (Å²) in [7, 11) is 3.45. The Bertz CT molecular complexity index is 377. The van der Waals surface area contributed by atoms with E-state index in [0.717, 1.165) is 6.42 Å². The van der Waals surface area contributed by atoms with Crippen LogP contribution in [0.3, 0.4) is 0 Å². The molecule has 3 unspecified atom stereocenters. The Morgan fingerprint density at radius 2 is 1.67 bits per heavy atom. The number of methoxy groups -OCH3 is 2. The lowest BCUT2D eigenvalue weighted by Crippen LogP contribution is -2.19. The zero-order valence-electron chi connectivity index (χ0n) is 12.1. The SMILES string of the molecule is COC(C)c1ccc(C(C)OC)c(CC(C)N)c1. The fourth-order valence-electron chi connectivity index (χ4n) is 2.06. The summed E-state index contributed by atoms with van der Waals surface area (Å²) in [4.78, 5) is 0. The first-order valence-corrected chi connectivity index (χ1v) is 6.43. The molecule has 0 aliphatic rings. The van der Waals surface area contributed by atoms with Crippen molar-refractivity contribution in [2.45, 2.75) is 45.4 Å². The molecule has 3 nitrogen and oxygen atoms in total. The van der Waals surface area contributed by atoms with Gasteiger partial charge >= 0.3 is 0 Å². The predicted molar refractivity (Wildman–Crippen MR) is 74.6 cm³/mol. The van der Waals surface area contributed by atoms with Crippen LogP contribution in [-0.4, -0.2) is 20.3 Å². The second-order valence-electron chi connectivity index (χ2n) is 4.90. The van der Waals surface area contributed by atoms with E-state index in [1.807, 2.05) is 13.8 Å². The molecular formula is C15H25NO2. The molecular weight excluding hydrogens is 226 g/mol. The van der Waals surface area contributed by atoms with Gasteiger partial charge in [-0.3, -0.25) is 0 Å². The minimum absolute atomic E-state index is 0.0886. The van der Waals surface area contributed by atoms with Crippen LogP contribution < -0.4 is 5.73 Å². The summed E-state index contributed by atoms with van der Waals surface area (Å²) in [5.74, 6) is 0. The van der Waals surface area contributed by atoms with E-state index in [9.17, 15) is 0 Å². The van der Waals surface area contributed by atoms with Crippen molar-refractivity contribution >= 4 is 0 Å². The number of rotatable bonds is 6. The molecule has 0 radical (unpaired) electrons. The van der Waals surface area contributed by atoms with Crippen molar-refractivity contribution in [1.29, 1.82) is 0 Å². The number of hydrogen-bond acceptors (Lipinski definition) is 3. The molecule has 3 heteroatoms. The molecule has 0 heterocycles. The highest BCUT2D eigenvalue weighted by atomic mass is 16.5. The summed E-state index contributed by atoms with van der Waals surface area (Å²) in [5, 5.41) is 0. The molecule has 0 aliphatic carbocycles. The van der Waals surface area contributed by atoms with Crippen LogP contribution in [0.1, 0.15) is 49.7 Å². The summed E-state index contributed by atoms with van der Waals surface area (Å²) in [6.07, 6.45) is 1.04. The summed E-state index contributed by atoms with van der Waals surface area (Å²) in [5.41, 5.74) is 9.56. The summed E-state index contributed by atoms with van der Waals surface area (Å²) in [6.45, 7) is 6.12. The van der Waals surface area contributed by atoms with Gasteiger partial charge in [-0.15, -0.1) is 0 Å². The number of hydrogen-bond donors (Lipinski definition) is 1. The van der Waals surface area contributed by atoms with Crippen molar-refractivity contribution in [1.82, 2.24) is 0 Å². The highest BCUT2D eigenvalue weighted by Gasteiger charge is 2.14. The van der Waals surface area contributed by atoms with Crippen LogP contribution in [0.25, 0.3) is 0 Å². The fraction of sp³-hybridized carbons (Fsp3) is 0.600. The molecule has 1 aromatic carbocycles. The van der Waals surface area contributed by atoms with E-state index in [-0.39, 0.29) is 18.2 Å². The number of benzene rings is 1. The predicted octanol–water partition coefficient (Wildman–Crippen LogP) is 2.99. The second-order valence-corrected chi connectivity index (χ2v) is 4.90. The number of ether oxygens (including phenoxy) is 2. The molecule has 0 spiro atoms. The van der Waals surface area contributed by atoms with Crippen molar-refractivity contribution < 1.29 is 9.47 Å². The van der Waals surface area contributed by atoms with Gasteiger partial charge < -0.3 is 15.2 Å². The zero-order valence-corrected chi connectivity index (χ0v) is 12.1. The first-order valence-electron chi connectivity index (χ1n) is 6.43. The maximum Gasteiger partial charge on any atom is 0.0795 e. The summed E-state index contributed by atoms with van der Waals surface area (Å²) >= 11 is 0. The lowest BCUT2D eigenvalue weighted by atomic mass is 9.94. The molecule has 0 fully saturated rings. The Hall–Kier alpha value is -0.900. The molecule has 0 saturated heterocycles. The average Bonchev–Trinajstić information content (AvgIpc) is 2.36. The van der Waals surface area contributed by atoms with E-state index in [2.05, 4.69) is 25.1 Å². The molecule has 1 aromatic rings. The van der Waals surface area contributed by atoms with Crippen molar-refractivity contribution in [2.24, 2.45) is 5.73 Å². The third kappa shape index (κ3) is 3.80. The van der Waals surface area contributed by atoms with Crippen LogP contribution in [0.15, 0.2) is 18.2 Å². The smallest absolute Gasteiger partial charge is 0.0795 e. The van der Waals surface area contributed by atoms with Gasteiger partial charge in [0, 0.05) is 20.3 Å². The van der Waals surface area contributed by atoms with E-state index in [0.29, 0.717) is 0 Å². The maximum atomic E-state index is 5.92. The van der Waals surface area contributed by atoms with E-state index >= 15 is 0 Å². The molecule has 102 valence electrons. The fourth-order valence-corrected chi connectivity index (χ4v) is 2.06. The van der Waals surface area contributed by atoms with Crippen LogP contribution in [0.2, 0.25) is 0 Å². The maximum absolute atomic E-state index is 5.92. The Balaban J connectivity index is 3.11. The van der Waals surface area contributed by atoms with Crippen LogP contribution in [-0.2, 0) is 15.9 Å². The third-order valence-electron chi connectivity index (χ3n) is 3.32. The Kier molecular flexibility index (Phi) is 5.79. The lowest BCUT2D eigenvalue weighted by molar-refractivity contribution is 0.116. The van der Waals surface area contributed by atoms with E-state index in [1.54, 1.807) is 14.2 Å². The highest BCUT2D eigenvalue weighted by molar-refractivity contribution is 5.35. The average molecular weight is 251 g/mol. The normalized spacial score (nSPS) is 16.3. The lowest BCUT2D eigenvalue weighted by Gasteiger charge is -2.19. The minimum Gasteiger partial charge on any atom is -0.377 e. The van der Waals surface area contributed by atoms with Gasteiger partial charge in [0.1, 0.15) is 0 Å². The van der Waals surface area contributed by atoms with Crippen LogP contribution in [0, 0.1) is 0 Å². The summed E-state index contributed by atoms with van der Waals surface area (Å²) < 4.78 is 10.8. The van der Waals surface area contributed by atoms with Gasteiger partial charge in [0.2, 0.25) is 0 Å². The molecule has 0 aliphatic heterocycles. The van der Waals surface area contributed by atoms with Crippen LogP contribution in [0.5, 0.6) is 0 Å². The molecule has 3 atom stereocenters. The van der Waals surface area contributed by atoms with E-state index in [4.69, 9.17) is 15.2 Å². The quantitative estimate of drug-likeness (QED) is 0.845. The summed E-state index contributed by atoms with van der Waals surface area (Å²) in [6, 6.07) is 6.55. The first-order chi connectivity index (χ1) is 8.49. The van der Waals surface area contributed by atoms with Gasteiger partial charge in [-0.2, -0.15) is 0 Å². The third-order valence-corrected chi connectivity index (χ3v) is 3.32. The first kappa shape index (κ1) is 15.2. The van der Waals surface area contributed by atoms with Gasteiger partial charge in [0.05, 0.1) is 12.2 Å². The topological polar surface area (TPSA) is 44.5 Å². The van der Waals surface area contributed by atoms with Crippen molar-refractivity contribution in [3.63, 3.8) is 0 Å². The van der Waals surface area contributed by atoms with Gasteiger partial charge in [-0.1, -0.05) is 18.2 Å². The molecule has 1 rings (SSSR count). The Morgan fingerprint density at radius 1 is 1.06 bits per heavy atom. The van der Waals surface area contributed by atoms with Gasteiger partial charge in [-0.25, -0.2) is 0 Å². The molecule has 0 aromatic heterocycles. The Labute approximate surface area is 110 Å². The van der Waals surface area contributed by atoms with Crippen molar-refractivity contribution in [3.05, 3.63) is 34.9 Å². The monoisotopic (exact) mass is 251 g/mol. The van der Waals surface area contributed by atoms with Gasteiger partial charge in [-0.05, 0) is 43.9 Å². The van der Waals surface area contributed by atoms with Crippen molar-refractivity contribution in [3.8, 4) is 0 Å². The van der Waals surface area contributed by atoms with E-state index in [1.165, 1.54) is 16.7 Å². The zero-order chi connectivity index (χ0) is 13.7. The molecule has 0 amide bonds. The number of nitrogens with two attached hydrogens (primary N) is 1. The van der Waals surface area contributed by atoms with Gasteiger partial charge in [0.15, 0.2) is 0 Å². The molecule has 0 bridgehead atoms.